The third-order valence-electron chi connectivity index (χ3n) is 5.37. The van der Waals surface area contributed by atoms with E-state index in [1.165, 1.54) is 6.42 Å². The van der Waals surface area contributed by atoms with E-state index in [0.717, 1.165) is 43.4 Å². The molecule has 2 aromatic rings. The molecule has 0 aliphatic carbocycles. The largest absolute Gasteiger partial charge is 0.292 e. The number of hydrogen-bond acceptors (Lipinski definition) is 3. The van der Waals surface area contributed by atoms with Crippen molar-refractivity contribution in [1.29, 1.82) is 0 Å². The molecule has 0 radical (unpaired) electrons. The van der Waals surface area contributed by atoms with Crippen LogP contribution in [0.25, 0.3) is 11.0 Å². The second-order valence-electron chi connectivity index (χ2n) is 7.40. The number of benzene rings is 1. The van der Waals surface area contributed by atoms with Crippen LogP contribution in [-0.2, 0) is 0 Å². The molecule has 1 unspecified atom stereocenters. The molecule has 1 aromatic carbocycles. The van der Waals surface area contributed by atoms with Gasteiger partial charge in [-0.2, -0.15) is 0 Å². The van der Waals surface area contributed by atoms with Crippen molar-refractivity contribution in [1.82, 2.24) is 14.5 Å². The predicted octanol–water partition coefficient (Wildman–Crippen LogP) is 3.97. The van der Waals surface area contributed by atoms with Crippen molar-refractivity contribution >= 4 is 16.9 Å². The summed E-state index contributed by atoms with van der Waals surface area (Å²) in [6.07, 6.45) is 6.05. The molecule has 1 saturated heterocycles. The monoisotopic (exact) mass is 313 g/mol. The summed E-state index contributed by atoms with van der Waals surface area (Å²) >= 11 is 0. The van der Waals surface area contributed by atoms with Gasteiger partial charge in [-0.3, -0.25) is 14.3 Å². The van der Waals surface area contributed by atoms with Crippen LogP contribution in [0.4, 0.5) is 0 Å². The summed E-state index contributed by atoms with van der Waals surface area (Å²) < 4.78 is 1.74. The molecular weight excluding hydrogens is 286 g/mol. The third-order valence-corrected chi connectivity index (χ3v) is 5.37. The standard InChI is InChI=1S/C19H27N3O/c1-4-19(2,3)11-13-21-12-7-10-17(21)18(23)22-14-20-15-8-5-6-9-16(15)22/h5-6,8-9,14,17H,4,7,10-13H2,1-3H3. The summed E-state index contributed by atoms with van der Waals surface area (Å²) in [4.78, 5) is 19.7. The maximum absolute atomic E-state index is 13.0. The molecular formula is C19H27N3O. The molecule has 0 spiro atoms. The summed E-state index contributed by atoms with van der Waals surface area (Å²) in [5, 5.41) is 0. The maximum atomic E-state index is 13.0. The van der Waals surface area contributed by atoms with Gasteiger partial charge in [0.2, 0.25) is 5.91 Å². The summed E-state index contributed by atoms with van der Waals surface area (Å²) in [6, 6.07) is 7.85. The van der Waals surface area contributed by atoms with Gasteiger partial charge in [-0.05, 0) is 49.9 Å². The fraction of sp³-hybridized carbons (Fsp3) is 0.579. The zero-order valence-corrected chi connectivity index (χ0v) is 14.5. The van der Waals surface area contributed by atoms with E-state index >= 15 is 0 Å². The van der Waals surface area contributed by atoms with Gasteiger partial charge in [0.1, 0.15) is 6.33 Å². The second kappa shape index (κ2) is 6.44. The highest BCUT2D eigenvalue weighted by Gasteiger charge is 2.32. The zero-order chi connectivity index (χ0) is 16.4. The number of aromatic nitrogens is 2. The Kier molecular flexibility index (Phi) is 4.53. The number of rotatable bonds is 5. The number of hydrogen-bond donors (Lipinski definition) is 0. The lowest BCUT2D eigenvalue weighted by atomic mass is 9.86. The van der Waals surface area contributed by atoms with Crippen LogP contribution in [0.1, 0.15) is 51.2 Å². The lowest BCUT2D eigenvalue weighted by Gasteiger charge is -2.29. The first kappa shape index (κ1) is 16.2. The lowest BCUT2D eigenvalue weighted by molar-refractivity contribution is 0.0771. The van der Waals surface area contributed by atoms with Gasteiger partial charge in [0.15, 0.2) is 0 Å². The van der Waals surface area contributed by atoms with E-state index in [-0.39, 0.29) is 11.9 Å². The van der Waals surface area contributed by atoms with Crippen LogP contribution in [0.5, 0.6) is 0 Å². The quantitative estimate of drug-likeness (QED) is 0.838. The van der Waals surface area contributed by atoms with Gasteiger partial charge in [0.05, 0.1) is 17.1 Å². The van der Waals surface area contributed by atoms with E-state index in [4.69, 9.17) is 0 Å². The van der Waals surface area contributed by atoms with Crippen molar-refractivity contribution in [2.75, 3.05) is 13.1 Å². The van der Waals surface area contributed by atoms with Crippen molar-refractivity contribution < 1.29 is 4.79 Å². The van der Waals surface area contributed by atoms with Crippen LogP contribution >= 0.6 is 0 Å². The van der Waals surface area contributed by atoms with Crippen molar-refractivity contribution in [3.05, 3.63) is 30.6 Å². The molecule has 1 atom stereocenters. The van der Waals surface area contributed by atoms with Crippen molar-refractivity contribution in [3.8, 4) is 0 Å². The molecule has 0 bridgehead atoms. The molecule has 3 rings (SSSR count). The maximum Gasteiger partial charge on any atom is 0.249 e. The number of nitrogens with zero attached hydrogens (tertiary/aromatic N) is 3. The van der Waals surface area contributed by atoms with Gasteiger partial charge in [0, 0.05) is 0 Å². The lowest BCUT2D eigenvalue weighted by Crippen LogP contribution is -2.40. The average molecular weight is 313 g/mol. The number of fused-ring (bicyclic) bond motifs is 1. The molecule has 1 fully saturated rings. The number of likely N-dealkylation sites (tertiary alicyclic amines) is 1. The van der Waals surface area contributed by atoms with E-state index in [9.17, 15) is 4.79 Å². The molecule has 4 nitrogen and oxygen atoms in total. The first-order chi connectivity index (χ1) is 11.0. The van der Waals surface area contributed by atoms with Crippen LogP contribution in [0.2, 0.25) is 0 Å². The fourth-order valence-electron chi connectivity index (χ4n) is 3.29. The van der Waals surface area contributed by atoms with Crippen LogP contribution in [-0.4, -0.2) is 39.5 Å². The second-order valence-corrected chi connectivity index (χ2v) is 7.40. The average Bonchev–Trinajstić information content (AvgIpc) is 3.19. The first-order valence-electron chi connectivity index (χ1n) is 8.72. The van der Waals surface area contributed by atoms with Gasteiger partial charge in [0.25, 0.3) is 0 Å². The Morgan fingerprint density at radius 2 is 2.13 bits per heavy atom. The molecule has 23 heavy (non-hydrogen) atoms. The van der Waals surface area contributed by atoms with E-state index in [2.05, 4.69) is 30.7 Å². The Bertz CT molecular complexity index is 689. The van der Waals surface area contributed by atoms with Crippen LogP contribution in [0, 0.1) is 5.41 Å². The molecule has 0 N–H and O–H groups in total. The van der Waals surface area contributed by atoms with Crippen molar-refractivity contribution in [3.63, 3.8) is 0 Å². The summed E-state index contributed by atoms with van der Waals surface area (Å²) in [7, 11) is 0. The highest BCUT2D eigenvalue weighted by molar-refractivity contribution is 5.93. The minimum Gasteiger partial charge on any atom is -0.292 e. The Hall–Kier alpha value is -1.68. The van der Waals surface area contributed by atoms with Crippen LogP contribution in [0.3, 0.4) is 0 Å². The summed E-state index contributed by atoms with van der Waals surface area (Å²) in [5.41, 5.74) is 2.15. The molecule has 124 valence electrons. The van der Waals surface area contributed by atoms with E-state index in [0.29, 0.717) is 5.41 Å². The van der Waals surface area contributed by atoms with Gasteiger partial charge >= 0.3 is 0 Å². The summed E-state index contributed by atoms with van der Waals surface area (Å²) in [6.45, 7) is 8.89. The van der Waals surface area contributed by atoms with E-state index < -0.39 is 0 Å². The van der Waals surface area contributed by atoms with Crippen molar-refractivity contribution in [2.24, 2.45) is 5.41 Å². The van der Waals surface area contributed by atoms with Gasteiger partial charge in [-0.25, -0.2) is 4.98 Å². The van der Waals surface area contributed by atoms with Gasteiger partial charge < -0.3 is 0 Å². The van der Waals surface area contributed by atoms with Gasteiger partial charge in [-0.1, -0.05) is 39.3 Å². The first-order valence-corrected chi connectivity index (χ1v) is 8.72. The zero-order valence-electron chi connectivity index (χ0n) is 14.5. The number of para-hydroxylation sites is 2. The van der Waals surface area contributed by atoms with E-state index in [1.54, 1.807) is 10.9 Å². The fourth-order valence-corrected chi connectivity index (χ4v) is 3.29. The van der Waals surface area contributed by atoms with Crippen molar-refractivity contribution in [2.45, 2.75) is 52.5 Å². The Labute approximate surface area is 138 Å². The third kappa shape index (κ3) is 3.32. The highest BCUT2D eigenvalue weighted by Crippen LogP contribution is 2.28. The normalized spacial score (nSPS) is 19.5. The molecule has 0 amide bonds. The molecule has 2 heterocycles. The number of carbonyl (C=O) groups excluding carboxylic acids is 1. The Morgan fingerprint density at radius 1 is 1.35 bits per heavy atom. The number of carbonyl (C=O) groups is 1. The van der Waals surface area contributed by atoms with Crippen LogP contribution in [0.15, 0.2) is 30.6 Å². The minimum atomic E-state index is 0.000243. The highest BCUT2D eigenvalue weighted by atomic mass is 16.2. The van der Waals surface area contributed by atoms with Gasteiger partial charge in [-0.15, -0.1) is 0 Å². The Morgan fingerprint density at radius 3 is 2.91 bits per heavy atom. The molecule has 1 aliphatic heterocycles. The smallest absolute Gasteiger partial charge is 0.249 e. The molecule has 0 saturated carbocycles. The van der Waals surface area contributed by atoms with Crippen LogP contribution < -0.4 is 0 Å². The minimum absolute atomic E-state index is 0.000243. The SMILES string of the molecule is CCC(C)(C)CCN1CCCC1C(=O)n1cnc2ccccc21. The molecule has 1 aromatic heterocycles. The summed E-state index contributed by atoms with van der Waals surface area (Å²) in [5.74, 6) is 0.172. The Balaban J connectivity index is 1.76. The van der Waals surface area contributed by atoms with E-state index in [1.807, 2.05) is 24.3 Å². The molecule has 1 aliphatic rings. The molecule has 4 heteroatoms. The number of imidazole rings is 1. The topological polar surface area (TPSA) is 38.1 Å². The predicted molar refractivity (Wildman–Crippen MR) is 93.6 cm³/mol.